The minimum atomic E-state index is -0.180. The van der Waals surface area contributed by atoms with Gasteiger partial charge >= 0.3 is 0 Å². The maximum Gasteiger partial charge on any atom is 0.128 e. The van der Waals surface area contributed by atoms with Gasteiger partial charge in [-0.2, -0.15) is 0 Å². The minimum Gasteiger partial charge on any atom is -0.306 e. The van der Waals surface area contributed by atoms with Crippen LogP contribution in [0.1, 0.15) is 30.5 Å². The topological polar surface area (TPSA) is 12.0 Å². The molecule has 2 aromatic rings. The van der Waals surface area contributed by atoms with Crippen LogP contribution in [-0.4, -0.2) is 6.54 Å². The molecule has 20 heavy (non-hydrogen) atoms. The van der Waals surface area contributed by atoms with Crippen molar-refractivity contribution in [1.29, 1.82) is 0 Å². The number of hydrogen-bond donors (Lipinski definition) is 1. The van der Waals surface area contributed by atoms with E-state index < -0.39 is 0 Å². The summed E-state index contributed by atoms with van der Waals surface area (Å²) < 4.78 is 16.2. The summed E-state index contributed by atoms with van der Waals surface area (Å²) in [7, 11) is 0. The lowest BCUT2D eigenvalue weighted by Crippen LogP contribution is -2.24. The lowest BCUT2D eigenvalue weighted by Gasteiger charge is -2.20. The van der Waals surface area contributed by atoms with E-state index in [0.717, 1.165) is 26.6 Å². The monoisotopic (exact) mass is 447 g/mol. The molecule has 0 bridgehead atoms. The molecule has 4 heteroatoms. The second kappa shape index (κ2) is 7.52. The summed E-state index contributed by atoms with van der Waals surface area (Å²) in [6.07, 6.45) is 1.01. The van der Waals surface area contributed by atoms with Gasteiger partial charge in [-0.05, 0) is 71.5 Å². The van der Waals surface area contributed by atoms with E-state index in [1.165, 1.54) is 6.07 Å². The Morgan fingerprint density at radius 2 is 2.05 bits per heavy atom. The summed E-state index contributed by atoms with van der Waals surface area (Å²) in [4.78, 5) is 0. The minimum absolute atomic E-state index is 0.123. The summed E-state index contributed by atoms with van der Waals surface area (Å²) >= 11 is 5.70. The fourth-order valence-corrected chi connectivity index (χ4v) is 3.06. The summed E-state index contributed by atoms with van der Waals surface area (Å²) in [6, 6.07) is 13.1. The van der Waals surface area contributed by atoms with E-state index in [4.69, 9.17) is 0 Å². The van der Waals surface area contributed by atoms with Gasteiger partial charge < -0.3 is 5.32 Å². The van der Waals surface area contributed by atoms with Crippen molar-refractivity contribution in [2.75, 3.05) is 6.54 Å². The summed E-state index contributed by atoms with van der Waals surface area (Å²) in [5.74, 6) is -0.180. The number of nitrogens with one attached hydrogen (secondary N) is 1. The van der Waals surface area contributed by atoms with Crippen LogP contribution in [0.2, 0.25) is 0 Å². The van der Waals surface area contributed by atoms with Crippen molar-refractivity contribution in [2.45, 2.75) is 19.4 Å². The zero-order valence-corrected chi connectivity index (χ0v) is 14.9. The Labute approximate surface area is 141 Å². The molecule has 0 saturated heterocycles. The Morgan fingerprint density at radius 1 is 1.25 bits per heavy atom. The predicted molar refractivity (Wildman–Crippen MR) is 93.4 cm³/mol. The largest absolute Gasteiger partial charge is 0.306 e. The lowest BCUT2D eigenvalue weighted by atomic mass is 9.98. The van der Waals surface area contributed by atoms with Crippen molar-refractivity contribution in [3.63, 3.8) is 0 Å². The van der Waals surface area contributed by atoms with Crippen molar-refractivity contribution >= 4 is 38.5 Å². The normalized spacial score (nSPS) is 12.4. The first-order valence-corrected chi connectivity index (χ1v) is 8.42. The van der Waals surface area contributed by atoms with Crippen LogP contribution in [-0.2, 0) is 0 Å². The molecular formula is C16H16BrFIN. The van der Waals surface area contributed by atoms with Crippen LogP contribution in [0.15, 0.2) is 46.9 Å². The van der Waals surface area contributed by atoms with Gasteiger partial charge in [-0.15, -0.1) is 0 Å². The standard InChI is InChI=1S/C16H16BrFIN/c1-2-8-20-16(11-4-3-5-13(19)9-11)14-10-12(17)6-7-15(14)18/h3-7,9-10,16,20H,2,8H2,1H3. The third-order valence-corrected chi connectivity index (χ3v) is 4.21. The molecular weight excluding hydrogens is 432 g/mol. The third kappa shape index (κ3) is 4.02. The fraction of sp³-hybridized carbons (Fsp3) is 0.250. The quantitative estimate of drug-likeness (QED) is 0.614. The number of benzene rings is 2. The molecule has 106 valence electrons. The van der Waals surface area contributed by atoms with E-state index in [0.29, 0.717) is 5.56 Å². The summed E-state index contributed by atoms with van der Waals surface area (Å²) in [6.45, 7) is 2.96. The molecule has 0 aromatic heterocycles. The Bertz CT molecular complexity index is 588. The van der Waals surface area contributed by atoms with E-state index in [1.807, 2.05) is 24.3 Å². The van der Waals surface area contributed by atoms with Crippen molar-refractivity contribution in [1.82, 2.24) is 5.32 Å². The molecule has 0 fully saturated rings. The molecule has 0 aliphatic carbocycles. The second-order valence-corrected chi connectivity index (χ2v) is 6.77. The van der Waals surface area contributed by atoms with Gasteiger partial charge in [0.15, 0.2) is 0 Å². The molecule has 0 aliphatic rings. The number of rotatable bonds is 5. The van der Waals surface area contributed by atoms with Crippen molar-refractivity contribution in [3.8, 4) is 0 Å². The Balaban J connectivity index is 2.44. The molecule has 0 radical (unpaired) electrons. The highest BCUT2D eigenvalue weighted by molar-refractivity contribution is 14.1. The van der Waals surface area contributed by atoms with Crippen LogP contribution in [0.25, 0.3) is 0 Å². The van der Waals surface area contributed by atoms with Crippen molar-refractivity contribution < 1.29 is 4.39 Å². The molecule has 0 amide bonds. The van der Waals surface area contributed by atoms with E-state index in [9.17, 15) is 4.39 Å². The SMILES string of the molecule is CCCNC(c1cccc(I)c1)c1cc(Br)ccc1F. The predicted octanol–water partition coefficient (Wildman–Crippen LogP) is 5.28. The van der Waals surface area contributed by atoms with Crippen LogP contribution < -0.4 is 5.32 Å². The maximum atomic E-state index is 14.2. The van der Waals surface area contributed by atoms with E-state index in [2.05, 4.69) is 56.8 Å². The molecule has 0 spiro atoms. The highest BCUT2D eigenvalue weighted by Gasteiger charge is 2.17. The highest BCUT2D eigenvalue weighted by atomic mass is 127. The van der Waals surface area contributed by atoms with Gasteiger partial charge in [0.05, 0.1) is 6.04 Å². The third-order valence-electron chi connectivity index (χ3n) is 3.05. The number of hydrogen-bond acceptors (Lipinski definition) is 1. The lowest BCUT2D eigenvalue weighted by molar-refractivity contribution is 0.546. The molecule has 0 saturated carbocycles. The molecule has 2 rings (SSSR count). The van der Waals surface area contributed by atoms with Crippen LogP contribution in [0.3, 0.4) is 0 Å². The van der Waals surface area contributed by atoms with E-state index in [-0.39, 0.29) is 11.9 Å². The first-order valence-electron chi connectivity index (χ1n) is 6.55. The second-order valence-electron chi connectivity index (χ2n) is 4.61. The van der Waals surface area contributed by atoms with Crippen molar-refractivity contribution in [3.05, 3.63) is 67.5 Å². The smallest absolute Gasteiger partial charge is 0.128 e. The average Bonchev–Trinajstić information content (AvgIpc) is 2.43. The highest BCUT2D eigenvalue weighted by Crippen LogP contribution is 2.28. The van der Waals surface area contributed by atoms with Gasteiger partial charge in [-0.25, -0.2) is 4.39 Å². The Morgan fingerprint density at radius 3 is 2.75 bits per heavy atom. The zero-order valence-electron chi connectivity index (χ0n) is 11.2. The molecule has 0 aliphatic heterocycles. The molecule has 1 N–H and O–H groups in total. The van der Waals surface area contributed by atoms with Crippen LogP contribution in [0.5, 0.6) is 0 Å². The first kappa shape index (κ1) is 15.9. The van der Waals surface area contributed by atoms with Gasteiger partial charge in [0, 0.05) is 13.6 Å². The molecule has 1 unspecified atom stereocenters. The van der Waals surface area contributed by atoms with Gasteiger partial charge in [-0.1, -0.05) is 35.0 Å². The fourth-order valence-electron chi connectivity index (χ4n) is 2.12. The molecule has 1 nitrogen and oxygen atoms in total. The van der Waals surface area contributed by atoms with Gasteiger partial charge in [0.2, 0.25) is 0 Å². The van der Waals surface area contributed by atoms with E-state index in [1.54, 1.807) is 6.07 Å². The molecule has 0 heterocycles. The zero-order chi connectivity index (χ0) is 14.5. The average molecular weight is 448 g/mol. The Kier molecular flexibility index (Phi) is 5.99. The maximum absolute atomic E-state index is 14.2. The van der Waals surface area contributed by atoms with Crippen LogP contribution in [0.4, 0.5) is 4.39 Å². The summed E-state index contributed by atoms with van der Waals surface area (Å²) in [5.41, 5.74) is 1.76. The number of halogens is 3. The van der Waals surface area contributed by atoms with Gasteiger partial charge in [0.1, 0.15) is 5.82 Å². The van der Waals surface area contributed by atoms with E-state index >= 15 is 0 Å². The molecule has 1 atom stereocenters. The summed E-state index contributed by atoms with van der Waals surface area (Å²) in [5, 5.41) is 3.43. The molecule has 2 aromatic carbocycles. The Hall–Kier alpha value is -0.460. The van der Waals surface area contributed by atoms with Gasteiger partial charge in [-0.3, -0.25) is 0 Å². The van der Waals surface area contributed by atoms with Crippen LogP contribution >= 0.6 is 38.5 Å². The first-order chi connectivity index (χ1) is 9.61. The van der Waals surface area contributed by atoms with Gasteiger partial charge in [0.25, 0.3) is 0 Å². The van der Waals surface area contributed by atoms with Crippen LogP contribution in [0, 0.1) is 9.39 Å². The van der Waals surface area contributed by atoms with Crippen molar-refractivity contribution in [2.24, 2.45) is 0 Å².